The fourth-order valence-electron chi connectivity index (χ4n) is 2.20. The van der Waals surface area contributed by atoms with Gasteiger partial charge in [-0.25, -0.2) is 0 Å². The summed E-state index contributed by atoms with van der Waals surface area (Å²) < 4.78 is 0. The first kappa shape index (κ1) is 16.1. The molecule has 21 heavy (non-hydrogen) atoms. The molecule has 2 atom stereocenters. The Balaban J connectivity index is 2.16. The van der Waals surface area contributed by atoms with Crippen molar-refractivity contribution in [3.8, 4) is 0 Å². The van der Waals surface area contributed by atoms with E-state index < -0.39 is 11.7 Å². The predicted molar refractivity (Wildman–Crippen MR) is 88.4 cm³/mol. The lowest BCUT2D eigenvalue weighted by Gasteiger charge is -2.36. The third-order valence-corrected chi connectivity index (χ3v) is 5.01. The van der Waals surface area contributed by atoms with Crippen LogP contribution in [0.3, 0.4) is 0 Å². The van der Waals surface area contributed by atoms with Crippen LogP contribution in [0.1, 0.15) is 25.5 Å². The number of benzene rings is 2. The van der Waals surface area contributed by atoms with Gasteiger partial charge in [0, 0.05) is 10.6 Å². The summed E-state index contributed by atoms with van der Waals surface area (Å²) >= 11 is 1.57. The van der Waals surface area contributed by atoms with Crippen LogP contribution < -0.4 is 0 Å². The van der Waals surface area contributed by atoms with E-state index in [2.05, 4.69) is 0 Å². The van der Waals surface area contributed by atoms with E-state index in [0.717, 1.165) is 10.5 Å². The van der Waals surface area contributed by atoms with Gasteiger partial charge in [0.1, 0.15) is 11.7 Å². The van der Waals surface area contributed by atoms with Crippen molar-refractivity contribution in [3.05, 3.63) is 66.2 Å². The van der Waals surface area contributed by atoms with Gasteiger partial charge in [0.25, 0.3) is 0 Å². The molecule has 0 amide bonds. The quantitative estimate of drug-likeness (QED) is 0.795. The lowest BCUT2D eigenvalue weighted by Crippen LogP contribution is -2.44. The first-order valence-electron chi connectivity index (χ1n) is 7.17. The van der Waals surface area contributed by atoms with E-state index >= 15 is 0 Å². The van der Waals surface area contributed by atoms with Crippen molar-refractivity contribution in [1.29, 1.82) is 0 Å². The second-order valence-electron chi connectivity index (χ2n) is 5.56. The molecular formula is C18H22O2S. The minimum Gasteiger partial charge on any atom is -0.386 e. The van der Waals surface area contributed by atoms with Gasteiger partial charge in [-0.05, 0) is 23.6 Å². The fourth-order valence-corrected chi connectivity index (χ4v) is 3.44. The third-order valence-electron chi connectivity index (χ3n) is 3.80. The van der Waals surface area contributed by atoms with Gasteiger partial charge in [0.15, 0.2) is 0 Å². The van der Waals surface area contributed by atoms with Crippen molar-refractivity contribution in [3.63, 3.8) is 0 Å². The van der Waals surface area contributed by atoms with Gasteiger partial charge in [-0.15, -0.1) is 11.8 Å². The van der Waals surface area contributed by atoms with Crippen LogP contribution >= 0.6 is 11.8 Å². The molecule has 2 aromatic carbocycles. The first-order valence-corrected chi connectivity index (χ1v) is 8.16. The molecule has 0 unspecified atom stereocenters. The summed E-state index contributed by atoms with van der Waals surface area (Å²) in [5.41, 5.74) is -0.413. The van der Waals surface area contributed by atoms with Crippen LogP contribution in [0.25, 0.3) is 0 Å². The standard InChI is InChI=1S/C18H22O2S/c1-14(2)18(20,13-21-16-11-7-4-8-12-16)17(19)15-9-5-3-6-10-15/h3-12,14,17,19-20H,13H2,1-2H3/t17-,18+/m0/s1. The maximum atomic E-state index is 11.0. The molecule has 0 aliphatic carbocycles. The van der Waals surface area contributed by atoms with Crippen LogP contribution in [0.5, 0.6) is 0 Å². The maximum Gasteiger partial charge on any atom is 0.109 e. The zero-order valence-corrected chi connectivity index (χ0v) is 13.3. The molecule has 0 bridgehead atoms. The van der Waals surface area contributed by atoms with Crippen LogP contribution in [0, 0.1) is 5.92 Å². The highest BCUT2D eigenvalue weighted by atomic mass is 32.2. The molecule has 0 saturated carbocycles. The highest BCUT2D eigenvalue weighted by molar-refractivity contribution is 7.99. The Labute approximate surface area is 130 Å². The first-order chi connectivity index (χ1) is 10.0. The summed E-state index contributed by atoms with van der Waals surface area (Å²) in [5, 5.41) is 21.6. The Morgan fingerprint density at radius 2 is 1.48 bits per heavy atom. The molecule has 0 radical (unpaired) electrons. The molecule has 2 nitrogen and oxygen atoms in total. The van der Waals surface area contributed by atoms with E-state index in [9.17, 15) is 10.2 Å². The highest BCUT2D eigenvalue weighted by Gasteiger charge is 2.39. The van der Waals surface area contributed by atoms with Crippen molar-refractivity contribution in [1.82, 2.24) is 0 Å². The van der Waals surface area contributed by atoms with Gasteiger partial charge >= 0.3 is 0 Å². The van der Waals surface area contributed by atoms with Gasteiger partial charge in [-0.2, -0.15) is 0 Å². The average molecular weight is 302 g/mol. The minimum atomic E-state index is -1.16. The minimum absolute atomic E-state index is 0.0519. The van der Waals surface area contributed by atoms with E-state index in [0.29, 0.717) is 5.75 Å². The Morgan fingerprint density at radius 1 is 0.952 bits per heavy atom. The largest absolute Gasteiger partial charge is 0.386 e. The molecule has 0 saturated heterocycles. The molecular weight excluding hydrogens is 280 g/mol. The Morgan fingerprint density at radius 3 is 2.00 bits per heavy atom. The van der Waals surface area contributed by atoms with Gasteiger partial charge in [0.2, 0.25) is 0 Å². The zero-order valence-electron chi connectivity index (χ0n) is 12.4. The number of hydrogen-bond acceptors (Lipinski definition) is 3. The molecule has 0 heterocycles. The second-order valence-corrected chi connectivity index (χ2v) is 6.61. The number of hydrogen-bond donors (Lipinski definition) is 2. The Hall–Kier alpha value is -1.29. The van der Waals surface area contributed by atoms with E-state index in [1.54, 1.807) is 11.8 Å². The van der Waals surface area contributed by atoms with E-state index in [1.165, 1.54) is 0 Å². The third kappa shape index (κ3) is 3.88. The number of aliphatic hydroxyl groups is 2. The van der Waals surface area contributed by atoms with Crippen LogP contribution in [0.15, 0.2) is 65.6 Å². The van der Waals surface area contributed by atoms with Crippen molar-refractivity contribution in [2.24, 2.45) is 5.92 Å². The lowest BCUT2D eigenvalue weighted by atomic mass is 9.83. The zero-order chi connectivity index (χ0) is 15.3. The van der Waals surface area contributed by atoms with Gasteiger partial charge in [0.05, 0.1) is 0 Å². The fraction of sp³-hybridized carbons (Fsp3) is 0.333. The highest BCUT2D eigenvalue weighted by Crippen LogP contribution is 2.37. The van der Waals surface area contributed by atoms with E-state index in [4.69, 9.17) is 0 Å². The lowest BCUT2D eigenvalue weighted by molar-refractivity contribution is -0.0903. The molecule has 0 fully saturated rings. The van der Waals surface area contributed by atoms with Crippen LogP contribution in [0.4, 0.5) is 0 Å². The molecule has 2 aromatic rings. The summed E-state index contributed by atoms with van der Waals surface area (Å²) in [6.45, 7) is 3.88. The summed E-state index contributed by atoms with van der Waals surface area (Å²) in [6, 6.07) is 19.3. The van der Waals surface area contributed by atoms with E-state index in [-0.39, 0.29) is 5.92 Å². The topological polar surface area (TPSA) is 40.5 Å². The monoisotopic (exact) mass is 302 g/mol. The van der Waals surface area contributed by atoms with Crippen LogP contribution in [-0.2, 0) is 0 Å². The maximum absolute atomic E-state index is 11.0. The Bertz CT molecular complexity index is 542. The van der Waals surface area contributed by atoms with Gasteiger partial charge < -0.3 is 10.2 Å². The van der Waals surface area contributed by atoms with Crippen molar-refractivity contribution < 1.29 is 10.2 Å². The number of thioether (sulfide) groups is 1. The molecule has 2 N–H and O–H groups in total. The van der Waals surface area contributed by atoms with Crippen molar-refractivity contribution in [2.45, 2.75) is 30.4 Å². The summed E-state index contributed by atoms with van der Waals surface area (Å²) in [5.74, 6) is 0.397. The normalized spacial score (nSPS) is 15.7. The number of rotatable bonds is 6. The molecule has 0 aliphatic rings. The van der Waals surface area contributed by atoms with Crippen LogP contribution in [0.2, 0.25) is 0 Å². The molecule has 0 aliphatic heterocycles. The molecule has 0 spiro atoms. The SMILES string of the molecule is CC(C)[C@](O)(CSc1ccccc1)[C@@H](O)c1ccccc1. The average Bonchev–Trinajstić information content (AvgIpc) is 2.53. The molecule has 112 valence electrons. The predicted octanol–water partition coefficient (Wildman–Crippen LogP) is 3.90. The summed E-state index contributed by atoms with van der Waals surface area (Å²) in [7, 11) is 0. The van der Waals surface area contributed by atoms with Crippen molar-refractivity contribution >= 4 is 11.8 Å². The van der Waals surface area contributed by atoms with E-state index in [1.807, 2.05) is 74.5 Å². The second kappa shape index (κ2) is 7.12. The molecule has 2 rings (SSSR count). The molecule has 0 aromatic heterocycles. The van der Waals surface area contributed by atoms with Gasteiger partial charge in [-0.1, -0.05) is 62.4 Å². The molecule has 3 heteroatoms. The summed E-state index contributed by atoms with van der Waals surface area (Å²) in [6.07, 6.45) is -0.894. The smallest absolute Gasteiger partial charge is 0.109 e. The Kier molecular flexibility index (Phi) is 5.45. The van der Waals surface area contributed by atoms with Crippen molar-refractivity contribution in [2.75, 3.05) is 5.75 Å². The summed E-state index contributed by atoms with van der Waals surface area (Å²) in [4.78, 5) is 1.09. The number of aliphatic hydroxyl groups excluding tert-OH is 1. The van der Waals surface area contributed by atoms with Crippen LogP contribution in [-0.4, -0.2) is 21.6 Å². The van der Waals surface area contributed by atoms with Gasteiger partial charge in [-0.3, -0.25) is 0 Å².